The Morgan fingerprint density at radius 3 is 1.24 bits per heavy atom. The number of benzene rings is 3. The predicted molar refractivity (Wildman–Crippen MR) is 91.8 cm³/mol. The van der Waals surface area contributed by atoms with Crippen LogP contribution in [0.15, 0.2) is 84.9 Å². The third-order valence-corrected chi connectivity index (χ3v) is 6.46. The molecule has 1 heteroatoms. The van der Waals surface area contributed by atoms with Crippen LogP contribution in [-0.4, -0.2) is 14.5 Å². The van der Waals surface area contributed by atoms with Crippen molar-refractivity contribution in [2.45, 2.75) is 0 Å². The molecule has 0 aliphatic carbocycles. The number of rotatable bonds is 2. The molecule has 100 valence electrons. The summed E-state index contributed by atoms with van der Waals surface area (Å²) < 4.78 is 3.00. The van der Waals surface area contributed by atoms with Crippen molar-refractivity contribution in [1.82, 2.24) is 0 Å². The second kappa shape index (κ2) is 5.37. The van der Waals surface area contributed by atoms with Crippen LogP contribution in [-0.2, 0) is 0 Å². The van der Waals surface area contributed by atoms with E-state index in [1.807, 2.05) is 0 Å². The molecule has 0 saturated carbocycles. The molecule has 0 radical (unpaired) electrons. The molecule has 4 rings (SSSR count). The summed E-state index contributed by atoms with van der Waals surface area (Å²) in [4.78, 5) is 0. The van der Waals surface area contributed by atoms with E-state index in [9.17, 15) is 0 Å². The van der Waals surface area contributed by atoms with Crippen LogP contribution in [0.4, 0.5) is 0 Å². The minimum absolute atomic E-state index is 0.354. The van der Waals surface area contributed by atoms with E-state index in [1.165, 1.54) is 30.8 Å². The van der Waals surface area contributed by atoms with E-state index in [0.717, 1.165) is 0 Å². The van der Waals surface area contributed by atoms with E-state index in [2.05, 4.69) is 84.9 Å². The van der Waals surface area contributed by atoms with Crippen LogP contribution in [0.1, 0.15) is 0 Å². The summed E-state index contributed by atoms with van der Waals surface area (Å²) in [6.45, 7) is 0. The maximum atomic E-state index is 2.26. The first-order valence-corrected chi connectivity index (χ1v) is 8.77. The van der Waals surface area contributed by atoms with Gasteiger partial charge in [-0.05, 0) is 0 Å². The van der Waals surface area contributed by atoms with Gasteiger partial charge in [0.25, 0.3) is 0 Å². The first-order chi connectivity index (χ1) is 10.4. The zero-order chi connectivity index (χ0) is 14.1. The van der Waals surface area contributed by atoms with Gasteiger partial charge in [-0.15, -0.1) is 0 Å². The van der Waals surface area contributed by atoms with E-state index in [0.29, 0.717) is 14.5 Å². The zero-order valence-corrected chi connectivity index (χ0v) is 13.2. The summed E-state index contributed by atoms with van der Waals surface area (Å²) in [6.07, 6.45) is 0. The van der Waals surface area contributed by atoms with Gasteiger partial charge in [-0.3, -0.25) is 0 Å². The van der Waals surface area contributed by atoms with Crippen LogP contribution in [0.3, 0.4) is 0 Å². The molecule has 4 aromatic rings. The minimum atomic E-state index is 0.354. The van der Waals surface area contributed by atoms with Gasteiger partial charge in [-0.25, -0.2) is 0 Å². The van der Waals surface area contributed by atoms with Crippen molar-refractivity contribution in [2.75, 3.05) is 0 Å². The Kier molecular flexibility index (Phi) is 3.23. The van der Waals surface area contributed by atoms with Crippen molar-refractivity contribution < 1.29 is 0 Å². The van der Waals surface area contributed by atoms with Gasteiger partial charge in [0.2, 0.25) is 0 Å². The van der Waals surface area contributed by atoms with E-state index >= 15 is 0 Å². The molecule has 0 bridgehead atoms. The Hall–Kier alpha value is -2.08. The van der Waals surface area contributed by atoms with Crippen molar-refractivity contribution in [3.05, 3.63) is 84.9 Å². The molecule has 3 aromatic carbocycles. The number of hydrogen-bond donors (Lipinski definition) is 0. The van der Waals surface area contributed by atoms with Crippen molar-refractivity contribution >= 4 is 25.3 Å². The van der Waals surface area contributed by atoms with Gasteiger partial charge in [-0.1, -0.05) is 0 Å². The topological polar surface area (TPSA) is 0 Å². The standard InChI is InChI=1S/C20H14Se/c1-3-9-15(10-4-1)19-17-13-7-8-14-18(17)20(21-19)16-11-5-2-6-12-16/h1-14H. The fraction of sp³-hybridized carbons (Fsp3) is 0. The molecule has 1 aromatic heterocycles. The summed E-state index contributed by atoms with van der Waals surface area (Å²) in [5, 5.41) is 2.81. The summed E-state index contributed by atoms with van der Waals surface area (Å²) >= 11 is 0.354. The normalized spacial score (nSPS) is 10.9. The molecule has 0 saturated heterocycles. The zero-order valence-electron chi connectivity index (χ0n) is 11.5. The molecule has 0 nitrogen and oxygen atoms in total. The van der Waals surface area contributed by atoms with Crippen LogP contribution in [0.25, 0.3) is 30.8 Å². The van der Waals surface area contributed by atoms with E-state index in [4.69, 9.17) is 0 Å². The van der Waals surface area contributed by atoms with Crippen molar-refractivity contribution in [3.8, 4) is 20.0 Å². The summed E-state index contributed by atoms with van der Waals surface area (Å²) in [7, 11) is 0. The van der Waals surface area contributed by atoms with Crippen LogP contribution in [0.2, 0.25) is 0 Å². The third kappa shape index (κ3) is 2.25. The third-order valence-electron chi connectivity index (χ3n) is 3.69. The molecule has 0 fully saturated rings. The molecular formula is C20H14Se. The van der Waals surface area contributed by atoms with Crippen molar-refractivity contribution in [3.63, 3.8) is 0 Å². The number of hydrogen-bond acceptors (Lipinski definition) is 0. The van der Waals surface area contributed by atoms with E-state index in [-0.39, 0.29) is 0 Å². The molecule has 0 aliphatic rings. The summed E-state index contributed by atoms with van der Waals surface area (Å²) in [6, 6.07) is 30.4. The van der Waals surface area contributed by atoms with Gasteiger partial charge >= 0.3 is 130 Å². The molecule has 0 aliphatic heterocycles. The average Bonchev–Trinajstić information content (AvgIpc) is 2.96. The molecule has 0 atom stereocenters. The van der Waals surface area contributed by atoms with Gasteiger partial charge in [-0.2, -0.15) is 0 Å². The quantitative estimate of drug-likeness (QED) is 0.441. The van der Waals surface area contributed by atoms with Crippen LogP contribution in [0.5, 0.6) is 0 Å². The maximum absolute atomic E-state index is 2.26. The van der Waals surface area contributed by atoms with Gasteiger partial charge in [0.1, 0.15) is 0 Å². The van der Waals surface area contributed by atoms with Crippen molar-refractivity contribution in [1.29, 1.82) is 0 Å². The second-order valence-electron chi connectivity index (χ2n) is 5.04. The molecule has 0 N–H and O–H groups in total. The average molecular weight is 333 g/mol. The Bertz CT molecular complexity index is 800. The molecule has 1 heterocycles. The van der Waals surface area contributed by atoms with Crippen molar-refractivity contribution in [2.24, 2.45) is 0 Å². The second-order valence-corrected chi connectivity index (χ2v) is 7.18. The molecule has 0 unspecified atom stereocenters. The Morgan fingerprint density at radius 2 is 0.810 bits per heavy atom. The Labute approximate surface area is 130 Å². The van der Waals surface area contributed by atoms with Crippen LogP contribution in [0, 0.1) is 0 Å². The fourth-order valence-corrected chi connectivity index (χ4v) is 5.40. The van der Waals surface area contributed by atoms with Gasteiger partial charge in [0.15, 0.2) is 0 Å². The summed E-state index contributed by atoms with van der Waals surface area (Å²) in [5.74, 6) is 0. The van der Waals surface area contributed by atoms with Gasteiger partial charge in [0.05, 0.1) is 0 Å². The fourth-order valence-electron chi connectivity index (χ4n) is 2.70. The molecule has 0 spiro atoms. The van der Waals surface area contributed by atoms with Crippen LogP contribution < -0.4 is 0 Å². The first-order valence-electron chi connectivity index (χ1n) is 7.06. The van der Waals surface area contributed by atoms with E-state index in [1.54, 1.807) is 0 Å². The number of fused-ring (bicyclic) bond motifs is 1. The first kappa shape index (κ1) is 12.6. The SMILES string of the molecule is c1ccc(-c2[se]c(-c3ccccc3)c3ccccc23)cc1. The monoisotopic (exact) mass is 334 g/mol. The Morgan fingerprint density at radius 1 is 0.429 bits per heavy atom. The van der Waals surface area contributed by atoms with Gasteiger partial charge < -0.3 is 0 Å². The molecule has 0 amide bonds. The van der Waals surface area contributed by atoms with Gasteiger partial charge in [0, 0.05) is 0 Å². The molecule has 21 heavy (non-hydrogen) atoms. The summed E-state index contributed by atoms with van der Waals surface area (Å²) in [5.41, 5.74) is 2.71. The molecular weight excluding hydrogens is 319 g/mol. The van der Waals surface area contributed by atoms with Crippen LogP contribution >= 0.6 is 0 Å². The Balaban J connectivity index is 2.02. The van der Waals surface area contributed by atoms with E-state index < -0.39 is 0 Å². The predicted octanol–water partition coefficient (Wildman–Crippen LogP) is 5.23.